The maximum Gasteiger partial charge on any atom is 0.228 e. The maximum atomic E-state index is 11.1. The van der Waals surface area contributed by atoms with E-state index in [0.29, 0.717) is 0 Å². The third-order valence-electron chi connectivity index (χ3n) is 3.41. The first-order chi connectivity index (χ1) is 8.18. The summed E-state index contributed by atoms with van der Waals surface area (Å²) in [5, 5.41) is -0.297. The van der Waals surface area contributed by atoms with Gasteiger partial charge in [-0.3, -0.25) is 4.79 Å². The lowest BCUT2D eigenvalue weighted by Crippen LogP contribution is -2.01. The number of benzene rings is 1. The van der Waals surface area contributed by atoms with E-state index in [0.717, 1.165) is 5.56 Å². The minimum absolute atomic E-state index is 0.217. The molecule has 90 valence electrons. The summed E-state index contributed by atoms with van der Waals surface area (Å²) < 4.78 is 0. The van der Waals surface area contributed by atoms with Gasteiger partial charge in [0.15, 0.2) is 0 Å². The van der Waals surface area contributed by atoms with E-state index < -0.39 is 0 Å². The summed E-state index contributed by atoms with van der Waals surface area (Å²) >= 11 is 5.50. The van der Waals surface area contributed by atoms with Crippen molar-refractivity contribution in [3.05, 3.63) is 41.5 Å². The molecule has 1 aromatic rings. The Labute approximate surface area is 107 Å². The van der Waals surface area contributed by atoms with E-state index in [-0.39, 0.29) is 11.2 Å². The van der Waals surface area contributed by atoms with E-state index in [4.69, 9.17) is 11.6 Å². The van der Waals surface area contributed by atoms with Crippen LogP contribution in [0.4, 0.5) is 0 Å². The van der Waals surface area contributed by atoms with Gasteiger partial charge in [-0.2, -0.15) is 0 Å². The number of rotatable bonds is 3. The zero-order valence-corrected chi connectivity index (χ0v) is 10.8. The van der Waals surface area contributed by atoms with Gasteiger partial charge in [0, 0.05) is 0 Å². The molecular formula is C15H17ClO. The second-order valence-electron chi connectivity index (χ2n) is 4.62. The summed E-state index contributed by atoms with van der Waals surface area (Å²) in [5.41, 5.74) is 3.71. The molecule has 17 heavy (non-hydrogen) atoms. The van der Waals surface area contributed by atoms with Crippen LogP contribution in [0, 0.1) is 0 Å². The highest BCUT2D eigenvalue weighted by Crippen LogP contribution is 2.28. The summed E-state index contributed by atoms with van der Waals surface area (Å²) in [6, 6.07) is 8.22. The third kappa shape index (κ3) is 2.98. The van der Waals surface area contributed by atoms with Crippen LogP contribution in [-0.4, -0.2) is 5.24 Å². The average Bonchev–Trinajstić information content (AvgIpc) is 2.39. The number of hydrogen-bond acceptors (Lipinski definition) is 1. The zero-order chi connectivity index (χ0) is 12.3. The lowest BCUT2D eigenvalue weighted by Gasteiger charge is -2.14. The standard InChI is InChI=1S/C15H17ClO/c1-11(15(16)17)12-7-9-14(10-8-12)13-5-3-2-4-6-13/h5,7-11H,2-4,6H2,1H3. The van der Waals surface area contributed by atoms with Crippen molar-refractivity contribution in [2.24, 2.45) is 0 Å². The fourth-order valence-electron chi connectivity index (χ4n) is 2.22. The minimum Gasteiger partial charge on any atom is -0.281 e. The average molecular weight is 249 g/mol. The molecule has 0 saturated heterocycles. The molecule has 1 unspecified atom stereocenters. The predicted molar refractivity (Wildman–Crippen MR) is 72.2 cm³/mol. The van der Waals surface area contributed by atoms with E-state index in [2.05, 4.69) is 18.2 Å². The molecule has 0 heterocycles. The molecular weight excluding hydrogens is 232 g/mol. The Balaban J connectivity index is 2.18. The number of allylic oxidation sites excluding steroid dienone is 2. The first-order valence-corrected chi connectivity index (χ1v) is 6.55. The van der Waals surface area contributed by atoms with Gasteiger partial charge in [-0.25, -0.2) is 0 Å². The lowest BCUT2D eigenvalue weighted by atomic mass is 9.92. The van der Waals surface area contributed by atoms with Gasteiger partial charge in [-0.15, -0.1) is 0 Å². The molecule has 1 nitrogen and oxygen atoms in total. The Hall–Kier alpha value is -1.08. The van der Waals surface area contributed by atoms with Crippen molar-refractivity contribution in [2.45, 2.75) is 38.5 Å². The van der Waals surface area contributed by atoms with Gasteiger partial charge < -0.3 is 0 Å². The molecule has 0 aliphatic heterocycles. The van der Waals surface area contributed by atoms with Gasteiger partial charge >= 0.3 is 0 Å². The van der Waals surface area contributed by atoms with E-state index in [9.17, 15) is 4.79 Å². The van der Waals surface area contributed by atoms with Gasteiger partial charge in [0.25, 0.3) is 0 Å². The molecule has 1 aliphatic rings. The van der Waals surface area contributed by atoms with Crippen LogP contribution in [0.2, 0.25) is 0 Å². The van der Waals surface area contributed by atoms with Crippen molar-refractivity contribution < 1.29 is 4.79 Å². The van der Waals surface area contributed by atoms with Gasteiger partial charge in [-0.1, -0.05) is 37.3 Å². The van der Waals surface area contributed by atoms with Crippen LogP contribution in [0.15, 0.2) is 30.3 Å². The normalized spacial score (nSPS) is 17.4. The van der Waals surface area contributed by atoms with E-state index in [1.807, 2.05) is 19.1 Å². The molecule has 0 amide bonds. The quantitative estimate of drug-likeness (QED) is 0.719. The summed E-state index contributed by atoms with van der Waals surface area (Å²) in [5.74, 6) is -0.217. The van der Waals surface area contributed by atoms with Gasteiger partial charge in [0.05, 0.1) is 5.92 Å². The highest BCUT2D eigenvalue weighted by atomic mass is 35.5. The third-order valence-corrected chi connectivity index (χ3v) is 3.74. The monoisotopic (exact) mass is 248 g/mol. The van der Waals surface area contributed by atoms with Crippen LogP contribution in [0.3, 0.4) is 0 Å². The summed E-state index contributed by atoms with van der Waals surface area (Å²) in [6.45, 7) is 1.84. The van der Waals surface area contributed by atoms with Crippen LogP contribution in [0.25, 0.3) is 5.57 Å². The van der Waals surface area contributed by atoms with E-state index >= 15 is 0 Å². The molecule has 0 saturated carbocycles. The molecule has 2 heteroatoms. The van der Waals surface area contributed by atoms with Crippen LogP contribution >= 0.6 is 11.6 Å². The molecule has 2 rings (SSSR count). The highest BCUT2D eigenvalue weighted by molar-refractivity contribution is 6.64. The van der Waals surface area contributed by atoms with Crippen molar-refractivity contribution in [2.75, 3.05) is 0 Å². The molecule has 0 bridgehead atoms. The van der Waals surface area contributed by atoms with Crippen molar-refractivity contribution in [1.82, 2.24) is 0 Å². The number of carbonyl (C=O) groups excluding carboxylic acids is 1. The fraction of sp³-hybridized carbons (Fsp3) is 0.400. The first kappa shape index (κ1) is 12.4. The second-order valence-corrected chi connectivity index (χ2v) is 5.00. The Morgan fingerprint density at radius 1 is 1.24 bits per heavy atom. The number of halogens is 1. The smallest absolute Gasteiger partial charge is 0.228 e. The second kappa shape index (κ2) is 5.50. The summed E-state index contributed by atoms with van der Waals surface area (Å²) in [4.78, 5) is 11.1. The predicted octanol–water partition coefficient (Wildman–Crippen LogP) is 4.51. The number of carbonyl (C=O) groups is 1. The topological polar surface area (TPSA) is 17.1 Å². The molecule has 0 aromatic heterocycles. The van der Waals surface area contributed by atoms with Gasteiger partial charge in [0.1, 0.15) is 0 Å². The van der Waals surface area contributed by atoms with Crippen molar-refractivity contribution in [1.29, 1.82) is 0 Å². The Morgan fingerprint density at radius 2 is 1.94 bits per heavy atom. The molecule has 0 spiro atoms. The van der Waals surface area contributed by atoms with Gasteiger partial charge in [-0.05, 0) is 54.0 Å². The molecule has 1 aliphatic carbocycles. The lowest BCUT2D eigenvalue weighted by molar-refractivity contribution is -0.112. The Bertz CT molecular complexity index is 431. The maximum absolute atomic E-state index is 11.1. The molecule has 1 aromatic carbocycles. The Kier molecular flexibility index (Phi) is 4.01. The SMILES string of the molecule is CC(C(=O)Cl)c1ccc(C2=CCCCC2)cc1. The molecule has 1 atom stereocenters. The Morgan fingerprint density at radius 3 is 2.47 bits per heavy atom. The molecule has 0 N–H and O–H groups in total. The van der Waals surface area contributed by atoms with Crippen molar-refractivity contribution >= 4 is 22.4 Å². The molecule has 0 radical (unpaired) electrons. The van der Waals surface area contributed by atoms with Crippen LogP contribution in [0.5, 0.6) is 0 Å². The molecule has 0 fully saturated rings. The van der Waals surface area contributed by atoms with Crippen LogP contribution in [0.1, 0.15) is 49.7 Å². The van der Waals surface area contributed by atoms with Gasteiger partial charge in [0.2, 0.25) is 5.24 Å². The minimum atomic E-state index is -0.297. The van der Waals surface area contributed by atoms with E-state index in [1.54, 1.807) is 0 Å². The van der Waals surface area contributed by atoms with E-state index in [1.165, 1.54) is 36.8 Å². The van der Waals surface area contributed by atoms with Crippen LogP contribution < -0.4 is 0 Å². The fourth-order valence-corrected chi connectivity index (χ4v) is 2.34. The van der Waals surface area contributed by atoms with Crippen molar-refractivity contribution in [3.63, 3.8) is 0 Å². The number of hydrogen-bond donors (Lipinski definition) is 0. The summed E-state index contributed by atoms with van der Waals surface area (Å²) in [7, 11) is 0. The largest absolute Gasteiger partial charge is 0.281 e. The zero-order valence-electron chi connectivity index (χ0n) is 10.1. The first-order valence-electron chi connectivity index (χ1n) is 6.17. The van der Waals surface area contributed by atoms with Crippen LogP contribution in [-0.2, 0) is 4.79 Å². The highest BCUT2D eigenvalue weighted by Gasteiger charge is 2.13. The van der Waals surface area contributed by atoms with Crippen molar-refractivity contribution in [3.8, 4) is 0 Å². The summed E-state index contributed by atoms with van der Waals surface area (Å²) in [6.07, 6.45) is 7.27.